The second-order valence-electron chi connectivity index (χ2n) is 2.39. The lowest BCUT2D eigenvalue weighted by molar-refractivity contribution is -0.131. The minimum Gasteiger partial charge on any atom is -0.477 e. The van der Waals surface area contributed by atoms with Crippen molar-refractivity contribution in [3.05, 3.63) is 40.6 Å². The summed E-state index contributed by atoms with van der Waals surface area (Å²) in [4.78, 5) is 10.3. The fraction of sp³-hybridized carbons (Fsp3) is 0. The summed E-state index contributed by atoms with van der Waals surface area (Å²) in [6, 6.07) is 5.48. The van der Waals surface area contributed by atoms with Gasteiger partial charge in [0.05, 0.1) is 4.91 Å². The van der Waals surface area contributed by atoms with Gasteiger partial charge in [0, 0.05) is 0 Å². The standard InChI is InChI=1S/C9H7FO2S/c10-7-3-1-6(2-4-7)5-8(13)9(11)12/h1-5,13H,(H,11,12). The molecule has 1 rings (SSSR count). The maximum absolute atomic E-state index is 12.4. The third kappa shape index (κ3) is 2.91. The Labute approximate surface area is 80.1 Å². The maximum atomic E-state index is 12.4. The van der Waals surface area contributed by atoms with Crippen molar-refractivity contribution < 1.29 is 14.3 Å². The van der Waals surface area contributed by atoms with Gasteiger partial charge in [-0.05, 0) is 23.8 Å². The Hall–Kier alpha value is -1.29. The Balaban J connectivity index is 2.92. The normalized spacial score (nSPS) is 11.4. The number of carboxylic acids is 1. The van der Waals surface area contributed by atoms with Crippen molar-refractivity contribution in [2.24, 2.45) is 0 Å². The molecule has 13 heavy (non-hydrogen) atoms. The van der Waals surface area contributed by atoms with Crippen LogP contribution in [0.15, 0.2) is 29.2 Å². The molecule has 0 aliphatic heterocycles. The largest absolute Gasteiger partial charge is 0.477 e. The molecule has 1 N–H and O–H groups in total. The van der Waals surface area contributed by atoms with Gasteiger partial charge < -0.3 is 5.11 Å². The van der Waals surface area contributed by atoms with Crippen LogP contribution in [0.3, 0.4) is 0 Å². The third-order valence-corrected chi connectivity index (χ3v) is 1.71. The summed E-state index contributed by atoms with van der Waals surface area (Å²) in [7, 11) is 0. The molecule has 0 atom stereocenters. The summed E-state index contributed by atoms with van der Waals surface area (Å²) in [5.74, 6) is -1.46. The topological polar surface area (TPSA) is 37.3 Å². The molecule has 68 valence electrons. The van der Waals surface area contributed by atoms with Crippen LogP contribution in [0.5, 0.6) is 0 Å². The summed E-state index contributed by atoms with van der Waals surface area (Å²) < 4.78 is 12.4. The van der Waals surface area contributed by atoms with Gasteiger partial charge in [-0.15, -0.1) is 12.6 Å². The minimum absolute atomic E-state index is 0.0772. The number of carbonyl (C=O) groups is 1. The van der Waals surface area contributed by atoms with Crippen LogP contribution in [0.4, 0.5) is 4.39 Å². The lowest BCUT2D eigenvalue weighted by Crippen LogP contribution is -1.93. The van der Waals surface area contributed by atoms with Gasteiger partial charge in [-0.1, -0.05) is 12.1 Å². The van der Waals surface area contributed by atoms with Gasteiger partial charge in [-0.25, -0.2) is 9.18 Å². The van der Waals surface area contributed by atoms with Gasteiger partial charge in [-0.3, -0.25) is 0 Å². The first-order valence-electron chi connectivity index (χ1n) is 3.49. The highest BCUT2D eigenvalue weighted by atomic mass is 32.1. The van der Waals surface area contributed by atoms with Crippen LogP contribution in [0.1, 0.15) is 5.56 Å². The molecule has 0 radical (unpaired) electrons. The summed E-state index contributed by atoms with van der Waals surface area (Å²) in [6.07, 6.45) is 1.35. The van der Waals surface area contributed by atoms with Crippen molar-refractivity contribution in [2.75, 3.05) is 0 Å². The second kappa shape index (κ2) is 4.09. The van der Waals surface area contributed by atoms with E-state index >= 15 is 0 Å². The summed E-state index contributed by atoms with van der Waals surface area (Å²) >= 11 is 3.73. The van der Waals surface area contributed by atoms with E-state index in [1.165, 1.54) is 30.3 Å². The summed E-state index contributed by atoms with van der Waals surface area (Å²) in [6.45, 7) is 0. The molecule has 0 unspecified atom stereocenters. The van der Waals surface area contributed by atoms with Crippen LogP contribution in [0.25, 0.3) is 6.08 Å². The minimum atomic E-state index is -1.10. The predicted octanol–water partition coefficient (Wildman–Crippen LogP) is 2.18. The molecule has 0 saturated carbocycles. The third-order valence-electron chi connectivity index (χ3n) is 1.39. The fourth-order valence-electron chi connectivity index (χ4n) is 0.779. The van der Waals surface area contributed by atoms with Crippen LogP contribution >= 0.6 is 12.6 Å². The average Bonchev–Trinajstić information content (AvgIpc) is 2.08. The van der Waals surface area contributed by atoms with E-state index in [4.69, 9.17) is 5.11 Å². The first-order valence-corrected chi connectivity index (χ1v) is 3.94. The van der Waals surface area contributed by atoms with Gasteiger partial charge in [0.15, 0.2) is 0 Å². The van der Waals surface area contributed by atoms with Crippen molar-refractivity contribution in [3.8, 4) is 0 Å². The van der Waals surface area contributed by atoms with Crippen LogP contribution in [0, 0.1) is 5.82 Å². The van der Waals surface area contributed by atoms with E-state index in [0.717, 1.165) is 0 Å². The van der Waals surface area contributed by atoms with Crippen LogP contribution in [-0.4, -0.2) is 11.1 Å². The van der Waals surface area contributed by atoms with Gasteiger partial charge in [0.2, 0.25) is 0 Å². The van der Waals surface area contributed by atoms with Crippen molar-refractivity contribution in [1.82, 2.24) is 0 Å². The molecule has 0 amide bonds. The zero-order chi connectivity index (χ0) is 9.84. The zero-order valence-electron chi connectivity index (χ0n) is 6.57. The van der Waals surface area contributed by atoms with E-state index in [0.29, 0.717) is 5.56 Å². The molecule has 0 aliphatic carbocycles. The summed E-state index contributed by atoms with van der Waals surface area (Å²) in [5.41, 5.74) is 0.605. The van der Waals surface area contributed by atoms with E-state index < -0.39 is 5.97 Å². The molecule has 0 aromatic heterocycles. The Bertz CT molecular complexity index is 343. The number of rotatable bonds is 2. The Morgan fingerprint density at radius 2 is 1.92 bits per heavy atom. The van der Waals surface area contributed by atoms with Crippen molar-refractivity contribution in [2.45, 2.75) is 0 Å². The average molecular weight is 198 g/mol. The predicted molar refractivity (Wildman–Crippen MR) is 51.0 cm³/mol. The number of thiol groups is 1. The van der Waals surface area contributed by atoms with Gasteiger partial charge in [-0.2, -0.15) is 0 Å². The molecule has 0 spiro atoms. The zero-order valence-corrected chi connectivity index (χ0v) is 7.46. The number of halogens is 1. The molecule has 1 aromatic rings. The molecule has 0 heterocycles. The summed E-state index contributed by atoms with van der Waals surface area (Å²) in [5, 5.41) is 8.48. The monoisotopic (exact) mass is 198 g/mol. The Kier molecular flexibility index (Phi) is 3.08. The highest BCUT2D eigenvalue weighted by Crippen LogP contribution is 2.10. The lowest BCUT2D eigenvalue weighted by atomic mass is 10.2. The number of benzene rings is 1. The van der Waals surface area contributed by atoms with E-state index in [9.17, 15) is 9.18 Å². The molecular weight excluding hydrogens is 191 g/mol. The van der Waals surface area contributed by atoms with Gasteiger partial charge in [0.1, 0.15) is 5.82 Å². The number of carboxylic acid groups (broad SMARTS) is 1. The van der Waals surface area contributed by atoms with Crippen LogP contribution in [-0.2, 0) is 4.79 Å². The smallest absolute Gasteiger partial charge is 0.341 e. The molecule has 4 heteroatoms. The molecule has 0 saturated heterocycles. The van der Waals surface area contributed by atoms with E-state index in [-0.39, 0.29) is 10.7 Å². The van der Waals surface area contributed by atoms with Crippen molar-refractivity contribution in [3.63, 3.8) is 0 Å². The van der Waals surface area contributed by atoms with Gasteiger partial charge >= 0.3 is 5.97 Å². The van der Waals surface area contributed by atoms with E-state index in [2.05, 4.69) is 12.6 Å². The number of hydrogen-bond donors (Lipinski definition) is 2. The maximum Gasteiger partial charge on any atom is 0.341 e. The molecule has 2 nitrogen and oxygen atoms in total. The van der Waals surface area contributed by atoms with E-state index in [1.54, 1.807) is 0 Å². The lowest BCUT2D eigenvalue weighted by Gasteiger charge is -1.94. The Morgan fingerprint density at radius 3 is 2.38 bits per heavy atom. The fourth-order valence-corrected chi connectivity index (χ4v) is 0.928. The van der Waals surface area contributed by atoms with E-state index in [1.807, 2.05) is 0 Å². The highest BCUT2D eigenvalue weighted by Gasteiger charge is 2.00. The van der Waals surface area contributed by atoms with Crippen molar-refractivity contribution >= 4 is 24.7 Å². The SMILES string of the molecule is O=C(O)C(S)=Cc1ccc(F)cc1. The van der Waals surface area contributed by atoms with Crippen LogP contribution < -0.4 is 0 Å². The number of hydrogen-bond acceptors (Lipinski definition) is 2. The Morgan fingerprint density at radius 1 is 1.38 bits per heavy atom. The molecular formula is C9H7FO2S. The second-order valence-corrected chi connectivity index (χ2v) is 2.87. The highest BCUT2D eigenvalue weighted by molar-refractivity contribution is 7.85. The first kappa shape index (κ1) is 9.80. The molecule has 1 aromatic carbocycles. The first-order chi connectivity index (χ1) is 6.09. The molecule has 0 aliphatic rings. The molecule has 0 bridgehead atoms. The quantitative estimate of drug-likeness (QED) is 0.564. The van der Waals surface area contributed by atoms with Gasteiger partial charge in [0.25, 0.3) is 0 Å². The van der Waals surface area contributed by atoms with Crippen LogP contribution in [0.2, 0.25) is 0 Å². The number of aliphatic carboxylic acids is 1. The van der Waals surface area contributed by atoms with Crippen molar-refractivity contribution in [1.29, 1.82) is 0 Å². The molecule has 0 fully saturated rings.